The average molecular weight is 346 g/mol. The lowest BCUT2D eigenvalue weighted by atomic mass is 10.2. The van der Waals surface area contributed by atoms with Crippen molar-refractivity contribution in [2.75, 3.05) is 13.2 Å². The van der Waals surface area contributed by atoms with Gasteiger partial charge in [-0.3, -0.25) is 0 Å². The highest BCUT2D eigenvalue weighted by Gasteiger charge is 1.97. The lowest BCUT2D eigenvalue weighted by molar-refractivity contribution is 0.0686. The van der Waals surface area contributed by atoms with Gasteiger partial charge in [0.15, 0.2) is 0 Å². The van der Waals surface area contributed by atoms with Crippen molar-refractivity contribution in [1.29, 1.82) is 0 Å². The summed E-state index contributed by atoms with van der Waals surface area (Å²) in [5.74, 6) is -1.76. The molecule has 0 unspecified atom stereocenters. The average Bonchev–Trinajstić information content (AvgIpc) is 2.65. The van der Waals surface area contributed by atoms with Crippen LogP contribution in [-0.2, 0) is 4.74 Å². The Balaban J connectivity index is 0.000000350. The number of ether oxygens (including phenoxy) is 1. The Morgan fingerprint density at radius 2 is 1.04 bits per heavy atom. The molecule has 0 amide bonds. The molecule has 25 heavy (non-hydrogen) atoms. The Labute approximate surface area is 148 Å². The van der Waals surface area contributed by atoms with Gasteiger partial charge in [-0.2, -0.15) is 0 Å². The third kappa shape index (κ3) is 12.4. The lowest BCUT2D eigenvalue weighted by Crippen LogP contribution is -1.93. The van der Waals surface area contributed by atoms with Crippen molar-refractivity contribution in [2.45, 2.75) is 26.7 Å². The molecular weight excluding hydrogens is 320 g/mol. The van der Waals surface area contributed by atoms with Gasteiger partial charge in [-0.05, 0) is 37.1 Å². The second kappa shape index (κ2) is 14.9. The first-order chi connectivity index (χ1) is 12.0. The second-order valence-corrected chi connectivity index (χ2v) is 4.95. The van der Waals surface area contributed by atoms with Crippen molar-refractivity contribution in [1.82, 2.24) is 0 Å². The smallest absolute Gasteiger partial charge is 0.335 e. The molecule has 0 atom stereocenters. The Morgan fingerprint density at radius 1 is 0.720 bits per heavy atom. The molecular formula is C20H26O5. The number of benzene rings is 2. The molecule has 0 aliphatic carbocycles. The number of carboxylic acids is 2. The topological polar surface area (TPSA) is 83.8 Å². The van der Waals surface area contributed by atoms with Crippen LogP contribution in [0.3, 0.4) is 0 Å². The van der Waals surface area contributed by atoms with Crippen LogP contribution in [0.5, 0.6) is 0 Å². The Hall–Kier alpha value is -2.66. The number of aromatic carboxylic acids is 2. The zero-order valence-electron chi connectivity index (χ0n) is 14.7. The van der Waals surface area contributed by atoms with Gasteiger partial charge >= 0.3 is 11.9 Å². The van der Waals surface area contributed by atoms with Gasteiger partial charge in [-0.15, -0.1) is 0 Å². The molecule has 0 saturated heterocycles. The van der Waals surface area contributed by atoms with E-state index in [1.807, 2.05) is 0 Å². The molecule has 2 rings (SSSR count). The maximum absolute atomic E-state index is 10.2. The van der Waals surface area contributed by atoms with E-state index < -0.39 is 11.9 Å². The number of carbonyl (C=O) groups is 2. The van der Waals surface area contributed by atoms with Crippen LogP contribution in [0.4, 0.5) is 0 Å². The van der Waals surface area contributed by atoms with E-state index in [0.717, 1.165) is 26.1 Å². The highest BCUT2D eigenvalue weighted by atomic mass is 16.5. The number of rotatable bonds is 6. The second-order valence-electron chi connectivity index (χ2n) is 4.95. The first-order valence-electron chi connectivity index (χ1n) is 8.17. The van der Waals surface area contributed by atoms with Gasteiger partial charge in [-0.25, -0.2) is 9.59 Å². The summed E-state index contributed by atoms with van der Waals surface area (Å²) in [5, 5.41) is 16.8. The molecule has 2 aromatic rings. The third-order valence-corrected chi connectivity index (χ3v) is 2.74. The molecule has 0 radical (unpaired) electrons. The minimum Gasteiger partial charge on any atom is -0.478 e. The molecule has 5 nitrogen and oxygen atoms in total. The summed E-state index contributed by atoms with van der Waals surface area (Å²) in [6.07, 6.45) is 2.28. The summed E-state index contributed by atoms with van der Waals surface area (Å²) in [4.78, 5) is 20.4. The fourth-order valence-electron chi connectivity index (χ4n) is 1.55. The van der Waals surface area contributed by atoms with Gasteiger partial charge in [0.2, 0.25) is 0 Å². The Morgan fingerprint density at radius 3 is 1.24 bits per heavy atom. The van der Waals surface area contributed by atoms with E-state index in [2.05, 4.69) is 13.8 Å². The van der Waals surface area contributed by atoms with Crippen molar-refractivity contribution in [3.63, 3.8) is 0 Å². The van der Waals surface area contributed by atoms with Crippen LogP contribution >= 0.6 is 0 Å². The molecule has 0 heterocycles. The SMILES string of the molecule is CCCOCCC.O=C(O)c1ccccc1.O=C(O)c1ccccc1. The van der Waals surface area contributed by atoms with Gasteiger partial charge in [0, 0.05) is 13.2 Å². The summed E-state index contributed by atoms with van der Waals surface area (Å²) in [6.45, 7) is 6.09. The van der Waals surface area contributed by atoms with Gasteiger partial charge in [0.1, 0.15) is 0 Å². The van der Waals surface area contributed by atoms with Crippen LogP contribution in [0.2, 0.25) is 0 Å². The van der Waals surface area contributed by atoms with Crippen LogP contribution in [0, 0.1) is 0 Å². The number of hydrogen-bond acceptors (Lipinski definition) is 3. The van der Waals surface area contributed by atoms with Gasteiger partial charge in [0.25, 0.3) is 0 Å². The molecule has 0 aliphatic heterocycles. The van der Waals surface area contributed by atoms with E-state index in [1.54, 1.807) is 60.7 Å². The maximum atomic E-state index is 10.2. The number of carboxylic acid groups (broad SMARTS) is 2. The highest BCUT2D eigenvalue weighted by Crippen LogP contribution is 1.96. The van der Waals surface area contributed by atoms with Crippen molar-refractivity contribution in [3.8, 4) is 0 Å². The Bertz CT molecular complexity index is 528. The van der Waals surface area contributed by atoms with Crippen molar-refractivity contribution >= 4 is 11.9 Å². The van der Waals surface area contributed by atoms with E-state index in [0.29, 0.717) is 11.1 Å². The zero-order valence-corrected chi connectivity index (χ0v) is 14.7. The monoisotopic (exact) mass is 346 g/mol. The van der Waals surface area contributed by atoms with E-state index in [9.17, 15) is 9.59 Å². The fourth-order valence-corrected chi connectivity index (χ4v) is 1.55. The van der Waals surface area contributed by atoms with Crippen molar-refractivity contribution < 1.29 is 24.5 Å². The molecule has 5 heteroatoms. The predicted octanol–water partition coefficient (Wildman–Crippen LogP) is 4.59. The van der Waals surface area contributed by atoms with Crippen LogP contribution < -0.4 is 0 Å². The summed E-state index contributed by atoms with van der Waals surface area (Å²) in [6, 6.07) is 16.6. The van der Waals surface area contributed by atoms with Crippen molar-refractivity contribution in [3.05, 3.63) is 71.8 Å². The van der Waals surface area contributed by atoms with Gasteiger partial charge in [-0.1, -0.05) is 50.2 Å². The summed E-state index contributed by atoms with van der Waals surface area (Å²) in [7, 11) is 0. The fraction of sp³-hybridized carbons (Fsp3) is 0.300. The summed E-state index contributed by atoms with van der Waals surface area (Å²) >= 11 is 0. The quantitative estimate of drug-likeness (QED) is 0.747. The van der Waals surface area contributed by atoms with E-state index >= 15 is 0 Å². The lowest BCUT2D eigenvalue weighted by Gasteiger charge is -1.95. The molecule has 2 N–H and O–H groups in total. The van der Waals surface area contributed by atoms with Crippen LogP contribution in [0.1, 0.15) is 47.4 Å². The predicted molar refractivity (Wildman–Crippen MR) is 98.2 cm³/mol. The summed E-state index contributed by atoms with van der Waals surface area (Å²) < 4.78 is 5.13. The van der Waals surface area contributed by atoms with Crippen molar-refractivity contribution in [2.24, 2.45) is 0 Å². The Kier molecular flexibility index (Phi) is 13.3. The molecule has 0 bridgehead atoms. The number of hydrogen-bond donors (Lipinski definition) is 2. The first kappa shape index (κ1) is 22.3. The minimum atomic E-state index is -0.879. The van der Waals surface area contributed by atoms with E-state index in [-0.39, 0.29) is 0 Å². The molecule has 2 aromatic carbocycles. The highest BCUT2D eigenvalue weighted by molar-refractivity contribution is 5.87. The maximum Gasteiger partial charge on any atom is 0.335 e. The molecule has 0 aliphatic rings. The zero-order chi connectivity index (χ0) is 18.9. The molecule has 0 saturated carbocycles. The van der Waals surface area contributed by atoms with E-state index in [4.69, 9.17) is 14.9 Å². The van der Waals surface area contributed by atoms with Crippen LogP contribution in [0.15, 0.2) is 60.7 Å². The molecule has 136 valence electrons. The standard InChI is InChI=1S/2C7H6O2.C6H14O/c2*8-7(9)6-4-2-1-3-5-6;1-3-5-7-6-4-2/h2*1-5H,(H,8,9);3-6H2,1-2H3. The normalized spacial score (nSPS) is 9.04. The van der Waals surface area contributed by atoms with Gasteiger partial charge in [0.05, 0.1) is 11.1 Å². The minimum absolute atomic E-state index is 0.331. The molecule has 0 spiro atoms. The molecule has 0 fully saturated rings. The first-order valence-corrected chi connectivity index (χ1v) is 8.17. The molecule has 0 aromatic heterocycles. The van der Waals surface area contributed by atoms with Crippen LogP contribution in [0.25, 0.3) is 0 Å². The van der Waals surface area contributed by atoms with E-state index in [1.165, 1.54) is 0 Å². The van der Waals surface area contributed by atoms with Crippen LogP contribution in [-0.4, -0.2) is 35.4 Å². The summed E-state index contributed by atoms with van der Waals surface area (Å²) in [5.41, 5.74) is 0.662. The third-order valence-electron chi connectivity index (χ3n) is 2.74. The largest absolute Gasteiger partial charge is 0.478 e. The van der Waals surface area contributed by atoms with Gasteiger partial charge < -0.3 is 14.9 Å².